The van der Waals surface area contributed by atoms with Gasteiger partial charge in [-0.1, -0.05) is 11.6 Å². The monoisotopic (exact) mass is 282 g/mol. The second-order valence-electron chi connectivity index (χ2n) is 4.96. The molecule has 1 aromatic carbocycles. The molecule has 2 rings (SSSR count). The van der Waals surface area contributed by atoms with Crippen LogP contribution in [0.15, 0.2) is 18.2 Å². The van der Waals surface area contributed by atoms with Crippen LogP contribution in [-0.2, 0) is 4.74 Å². The van der Waals surface area contributed by atoms with Crippen molar-refractivity contribution in [2.75, 3.05) is 7.11 Å². The molecule has 0 saturated heterocycles. The van der Waals surface area contributed by atoms with E-state index < -0.39 is 0 Å². The van der Waals surface area contributed by atoms with Gasteiger partial charge in [0.2, 0.25) is 0 Å². The Morgan fingerprint density at radius 1 is 1.32 bits per heavy atom. The predicted octanol–water partition coefficient (Wildman–Crippen LogP) is 3.88. The average molecular weight is 283 g/mol. The number of methoxy groups -OCH3 is 1. The van der Waals surface area contributed by atoms with Crippen molar-refractivity contribution >= 4 is 17.4 Å². The molecule has 1 aromatic rings. The Morgan fingerprint density at radius 3 is 2.68 bits per heavy atom. The van der Waals surface area contributed by atoms with Crippen LogP contribution >= 0.6 is 11.6 Å². The molecule has 0 amide bonds. The van der Waals surface area contributed by atoms with Gasteiger partial charge < -0.3 is 9.47 Å². The van der Waals surface area contributed by atoms with Crippen molar-refractivity contribution in [1.82, 2.24) is 0 Å². The number of hydrogen-bond donors (Lipinski definition) is 0. The molecular formula is C15H19ClO3. The zero-order chi connectivity index (χ0) is 13.8. The van der Waals surface area contributed by atoms with Gasteiger partial charge >= 0.3 is 0 Å². The van der Waals surface area contributed by atoms with E-state index in [1.54, 1.807) is 25.3 Å². The van der Waals surface area contributed by atoms with Gasteiger partial charge in [-0.05, 0) is 44.4 Å². The highest BCUT2D eigenvalue weighted by molar-refractivity contribution is 6.34. The van der Waals surface area contributed by atoms with Crippen LogP contribution in [0, 0.1) is 0 Å². The first-order valence-corrected chi connectivity index (χ1v) is 6.98. The Hall–Kier alpha value is -1.06. The van der Waals surface area contributed by atoms with Crippen LogP contribution in [0.4, 0.5) is 0 Å². The topological polar surface area (TPSA) is 35.5 Å². The van der Waals surface area contributed by atoms with Crippen LogP contribution in [0.1, 0.15) is 43.0 Å². The standard InChI is InChI=1S/C15H19ClO3/c1-10(17)14-7-6-13(9-15(14)16)19-12-5-3-4-11(8-12)18-2/h6-7,9,11-12H,3-5,8H2,1-2H3. The first-order chi connectivity index (χ1) is 9.10. The zero-order valence-electron chi connectivity index (χ0n) is 11.3. The maximum atomic E-state index is 11.3. The van der Waals surface area contributed by atoms with Crippen molar-refractivity contribution in [3.05, 3.63) is 28.8 Å². The molecule has 0 aromatic heterocycles. The van der Waals surface area contributed by atoms with E-state index in [0.717, 1.165) is 31.4 Å². The summed E-state index contributed by atoms with van der Waals surface area (Å²) >= 11 is 6.07. The van der Waals surface area contributed by atoms with Gasteiger partial charge in [0.05, 0.1) is 11.1 Å². The Labute approximate surface area is 118 Å². The smallest absolute Gasteiger partial charge is 0.161 e. The average Bonchev–Trinajstić information content (AvgIpc) is 2.38. The van der Waals surface area contributed by atoms with Gasteiger partial charge in [-0.25, -0.2) is 0 Å². The number of rotatable bonds is 4. The van der Waals surface area contributed by atoms with Gasteiger partial charge in [0.15, 0.2) is 5.78 Å². The molecule has 0 heterocycles. The summed E-state index contributed by atoms with van der Waals surface area (Å²) in [5.41, 5.74) is 0.535. The van der Waals surface area contributed by atoms with Crippen LogP contribution < -0.4 is 4.74 Å². The number of ether oxygens (including phenoxy) is 2. The van der Waals surface area contributed by atoms with Crippen LogP contribution in [0.3, 0.4) is 0 Å². The number of Topliss-reactive ketones (excluding diaryl/α,β-unsaturated/α-hetero) is 1. The fraction of sp³-hybridized carbons (Fsp3) is 0.533. The van der Waals surface area contributed by atoms with Crippen LogP contribution in [0.5, 0.6) is 5.75 Å². The number of benzene rings is 1. The fourth-order valence-electron chi connectivity index (χ4n) is 2.47. The van der Waals surface area contributed by atoms with Crippen molar-refractivity contribution < 1.29 is 14.3 Å². The third-order valence-electron chi connectivity index (χ3n) is 3.53. The van der Waals surface area contributed by atoms with Gasteiger partial charge in [0.1, 0.15) is 11.9 Å². The lowest BCUT2D eigenvalue weighted by Crippen LogP contribution is -2.29. The molecule has 0 N–H and O–H groups in total. The maximum absolute atomic E-state index is 11.3. The third kappa shape index (κ3) is 3.71. The summed E-state index contributed by atoms with van der Waals surface area (Å²) in [6.45, 7) is 1.51. The summed E-state index contributed by atoms with van der Waals surface area (Å²) in [6, 6.07) is 5.24. The highest BCUT2D eigenvalue weighted by Crippen LogP contribution is 2.28. The van der Waals surface area contributed by atoms with Crippen molar-refractivity contribution in [2.24, 2.45) is 0 Å². The molecule has 104 valence electrons. The van der Waals surface area contributed by atoms with E-state index in [9.17, 15) is 4.79 Å². The van der Waals surface area contributed by atoms with Gasteiger partial charge in [-0.15, -0.1) is 0 Å². The quantitative estimate of drug-likeness (QED) is 0.786. The molecule has 4 heteroatoms. The second kappa shape index (κ2) is 6.40. The summed E-state index contributed by atoms with van der Waals surface area (Å²) < 4.78 is 11.3. The number of ketones is 1. The Morgan fingerprint density at radius 2 is 2.05 bits per heavy atom. The molecule has 2 unspecified atom stereocenters. The fourth-order valence-corrected chi connectivity index (χ4v) is 2.77. The largest absolute Gasteiger partial charge is 0.490 e. The molecule has 0 bridgehead atoms. The van der Waals surface area contributed by atoms with E-state index in [4.69, 9.17) is 21.1 Å². The van der Waals surface area contributed by atoms with Crippen LogP contribution in [-0.4, -0.2) is 25.1 Å². The Kier molecular flexibility index (Phi) is 4.83. The van der Waals surface area contributed by atoms with E-state index in [2.05, 4.69) is 0 Å². The first-order valence-electron chi connectivity index (χ1n) is 6.60. The van der Waals surface area contributed by atoms with E-state index in [-0.39, 0.29) is 18.0 Å². The van der Waals surface area contributed by atoms with Crippen LogP contribution in [0.2, 0.25) is 5.02 Å². The van der Waals surface area contributed by atoms with Gasteiger partial charge in [0.25, 0.3) is 0 Å². The number of halogens is 1. The number of hydrogen-bond acceptors (Lipinski definition) is 3. The lowest BCUT2D eigenvalue weighted by molar-refractivity contribution is 0.0210. The van der Waals surface area contributed by atoms with Gasteiger partial charge in [0, 0.05) is 19.1 Å². The summed E-state index contributed by atoms with van der Waals surface area (Å²) in [7, 11) is 1.74. The minimum absolute atomic E-state index is 0.0336. The number of carbonyl (C=O) groups excluding carboxylic acids is 1. The normalized spacial score (nSPS) is 23.1. The van der Waals surface area contributed by atoms with Gasteiger partial charge in [-0.3, -0.25) is 4.79 Å². The van der Waals surface area contributed by atoms with Gasteiger partial charge in [-0.2, -0.15) is 0 Å². The molecule has 1 saturated carbocycles. The zero-order valence-corrected chi connectivity index (χ0v) is 12.1. The number of carbonyl (C=O) groups is 1. The van der Waals surface area contributed by atoms with E-state index in [1.165, 1.54) is 6.92 Å². The molecule has 1 aliphatic carbocycles. The van der Waals surface area contributed by atoms with E-state index in [0.29, 0.717) is 10.6 Å². The molecular weight excluding hydrogens is 264 g/mol. The van der Waals surface area contributed by atoms with Crippen molar-refractivity contribution in [1.29, 1.82) is 0 Å². The molecule has 19 heavy (non-hydrogen) atoms. The molecule has 0 spiro atoms. The van der Waals surface area contributed by atoms with Crippen molar-refractivity contribution in [3.8, 4) is 5.75 Å². The van der Waals surface area contributed by atoms with Crippen molar-refractivity contribution in [3.63, 3.8) is 0 Å². The van der Waals surface area contributed by atoms with E-state index >= 15 is 0 Å². The molecule has 1 aliphatic rings. The Balaban J connectivity index is 2.03. The lowest BCUT2D eigenvalue weighted by atomic mass is 9.95. The minimum atomic E-state index is -0.0336. The summed E-state index contributed by atoms with van der Waals surface area (Å²) in [5.74, 6) is 0.686. The maximum Gasteiger partial charge on any atom is 0.161 e. The molecule has 2 atom stereocenters. The molecule has 1 fully saturated rings. The SMILES string of the molecule is COC1CCCC(Oc2ccc(C(C)=O)c(Cl)c2)C1. The summed E-state index contributed by atoms with van der Waals surface area (Å²) in [4.78, 5) is 11.3. The first kappa shape index (κ1) is 14.4. The Bertz CT molecular complexity index is 459. The molecule has 0 radical (unpaired) electrons. The van der Waals surface area contributed by atoms with E-state index in [1.807, 2.05) is 0 Å². The second-order valence-corrected chi connectivity index (χ2v) is 5.37. The summed E-state index contributed by atoms with van der Waals surface area (Å²) in [5, 5.41) is 0.448. The summed E-state index contributed by atoms with van der Waals surface area (Å²) in [6.07, 6.45) is 4.60. The van der Waals surface area contributed by atoms with Crippen LogP contribution in [0.25, 0.3) is 0 Å². The van der Waals surface area contributed by atoms with Crippen molar-refractivity contribution in [2.45, 2.75) is 44.8 Å². The lowest BCUT2D eigenvalue weighted by Gasteiger charge is -2.28. The highest BCUT2D eigenvalue weighted by Gasteiger charge is 2.23. The predicted molar refractivity (Wildman–Crippen MR) is 75.1 cm³/mol. The minimum Gasteiger partial charge on any atom is -0.490 e. The molecule has 0 aliphatic heterocycles. The third-order valence-corrected chi connectivity index (χ3v) is 3.85. The molecule has 3 nitrogen and oxygen atoms in total. The highest BCUT2D eigenvalue weighted by atomic mass is 35.5.